The summed E-state index contributed by atoms with van der Waals surface area (Å²) in [4.78, 5) is 12.1. The van der Waals surface area contributed by atoms with E-state index in [0.717, 1.165) is 36.8 Å². The number of methoxy groups -OCH3 is 1. The number of hydrogen-bond donors (Lipinski definition) is 3. The van der Waals surface area contributed by atoms with Crippen LogP contribution in [-0.4, -0.2) is 40.1 Å². The van der Waals surface area contributed by atoms with Gasteiger partial charge in [0.15, 0.2) is 5.11 Å². The van der Waals surface area contributed by atoms with Gasteiger partial charge in [0.1, 0.15) is 10.6 Å². The van der Waals surface area contributed by atoms with Crippen molar-refractivity contribution in [2.24, 2.45) is 0 Å². The standard InChI is InChI=1S/C18H25N3O4S2/c1-19-18(26)21-27(23,24)16-12-13(8-9-15(16)25-2)10-11-20-17(22)14-6-4-3-5-7-14/h6,8-9,12H,3-5,7,10-11H2,1-2H3,(H,20,22)(H2,19,21,26). The molecule has 1 aromatic rings. The molecule has 0 saturated heterocycles. The van der Waals surface area contributed by atoms with Crippen molar-refractivity contribution in [3.63, 3.8) is 0 Å². The quantitative estimate of drug-likeness (QED) is 0.590. The fourth-order valence-electron chi connectivity index (χ4n) is 2.79. The molecule has 0 fully saturated rings. The van der Waals surface area contributed by atoms with E-state index < -0.39 is 10.0 Å². The lowest BCUT2D eigenvalue weighted by Crippen LogP contribution is -2.37. The zero-order valence-corrected chi connectivity index (χ0v) is 17.1. The first-order valence-corrected chi connectivity index (χ1v) is 10.6. The number of amides is 1. The zero-order valence-electron chi connectivity index (χ0n) is 15.5. The normalized spacial score (nSPS) is 14.1. The van der Waals surface area contributed by atoms with Gasteiger partial charge in [0, 0.05) is 19.2 Å². The molecule has 0 aliphatic heterocycles. The Kier molecular flexibility index (Phi) is 7.61. The molecule has 3 N–H and O–H groups in total. The van der Waals surface area contributed by atoms with Crippen molar-refractivity contribution in [3.8, 4) is 5.75 Å². The van der Waals surface area contributed by atoms with Crippen molar-refractivity contribution in [1.82, 2.24) is 15.4 Å². The number of thiocarbonyl (C=S) groups is 1. The van der Waals surface area contributed by atoms with Crippen LogP contribution in [0.5, 0.6) is 5.75 Å². The zero-order chi connectivity index (χ0) is 19.9. The molecule has 0 spiro atoms. The third kappa shape index (κ3) is 5.93. The summed E-state index contributed by atoms with van der Waals surface area (Å²) in [6, 6.07) is 4.91. The number of allylic oxidation sites excluding steroid dienone is 1. The second kappa shape index (κ2) is 9.70. The summed E-state index contributed by atoms with van der Waals surface area (Å²) in [6.45, 7) is 0.421. The first-order chi connectivity index (χ1) is 12.9. The molecule has 0 radical (unpaired) electrons. The summed E-state index contributed by atoms with van der Waals surface area (Å²) in [7, 11) is -0.935. The largest absolute Gasteiger partial charge is 0.495 e. The molecular formula is C18H25N3O4S2. The molecule has 1 aromatic carbocycles. The molecule has 0 saturated carbocycles. The Morgan fingerprint density at radius 1 is 1.30 bits per heavy atom. The van der Waals surface area contributed by atoms with Crippen LogP contribution in [0.4, 0.5) is 0 Å². The van der Waals surface area contributed by atoms with E-state index in [9.17, 15) is 13.2 Å². The second-order valence-electron chi connectivity index (χ2n) is 6.15. The average Bonchev–Trinajstić information content (AvgIpc) is 2.68. The van der Waals surface area contributed by atoms with Crippen LogP contribution in [0, 0.1) is 0 Å². The number of nitrogens with one attached hydrogen (secondary N) is 3. The molecule has 7 nitrogen and oxygen atoms in total. The predicted molar refractivity (Wildman–Crippen MR) is 108 cm³/mol. The third-order valence-electron chi connectivity index (χ3n) is 4.25. The molecule has 0 aromatic heterocycles. The molecule has 0 heterocycles. The van der Waals surface area contributed by atoms with Crippen LogP contribution in [-0.2, 0) is 21.2 Å². The smallest absolute Gasteiger partial charge is 0.267 e. The van der Waals surface area contributed by atoms with Crippen LogP contribution in [0.2, 0.25) is 0 Å². The van der Waals surface area contributed by atoms with E-state index in [1.165, 1.54) is 20.2 Å². The lowest BCUT2D eigenvalue weighted by Gasteiger charge is -2.14. The Hall–Kier alpha value is -2.13. The van der Waals surface area contributed by atoms with Crippen molar-refractivity contribution >= 4 is 33.3 Å². The van der Waals surface area contributed by atoms with Crippen LogP contribution in [0.15, 0.2) is 34.7 Å². The highest BCUT2D eigenvalue weighted by molar-refractivity contribution is 7.92. The number of ether oxygens (including phenoxy) is 1. The molecule has 2 rings (SSSR count). The topological polar surface area (TPSA) is 96.5 Å². The van der Waals surface area contributed by atoms with Gasteiger partial charge >= 0.3 is 0 Å². The third-order valence-corrected chi connectivity index (χ3v) is 6.06. The van der Waals surface area contributed by atoms with E-state index in [1.54, 1.807) is 12.1 Å². The van der Waals surface area contributed by atoms with Crippen LogP contribution in [0.3, 0.4) is 0 Å². The summed E-state index contributed by atoms with van der Waals surface area (Å²) in [5.74, 6) is 0.179. The highest BCUT2D eigenvalue weighted by Crippen LogP contribution is 2.25. The Balaban J connectivity index is 2.06. The van der Waals surface area contributed by atoms with Crippen LogP contribution < -0.4 is 20.1 Å². The van der Waals surface area contributed by atoms with Gasteiger partial charge in [-0.25, -0.2) is 8.42 Å². The molecule has 0 atom stereocenters. The monoisotopic (exact) mass is 411 g/mol. The van der Waals surface area contributed by atoms with E-state index in [4.69, 9.17) is 17.0 Å². The fourth-order valence-corrected chi connectivity index (χ4v) is 4.30. The summed E-state index contributed by atoms with van der Waals surface area (Å²) in [5, 5.41) is 5.46. The minimum absolute atomic E-state index is 0.00131. The lowest BCUT2D eigenvalue weighted by molar-refractivity contribution is -0.117. The van der Waals surface area contributed by atoms with Gasteiger partial charge in [-0.05, 0) is 62.0 Å². The maximum Gasteiger partial charge on any atom is 0.267 e. The van der Waals surface area contributed by atoms with Crippen molar-refractivity contribution in [2.75, 3.05) is 20.7 Å². The minimum Gasteiger partial charge on any atom is -0.495 e. The molecule has 0 bridgehead atoms. The van der Waals surface area contributed by atoms with Crippen LogP contribution in [0.25, 0.3) is 0 Å². The molecule has 0 unspecified atom stereocenters. The van der Waals surface area contributed by atoms with Crippen LogP contribution >= 0.6 is 12.2 Å². The summed E-state index contributed by atoms with van der Waals surface area (Å²) in [5.41, 5.74) is 1.61. The van der Waals surface area contributed by atoms with Gasteiger partial charge in [-0.2, -0.15) is 0 Å². The predicted octanol–water partition coefficient (Wildman–Crippen LogP) is 1.64. The molecule has 1 amide bonds. The Morgan fingerprint density at radius 2 is 2.07 bits per heavy atom. The van der Waals surface area contributed by atoms with E-state index in [0.29, 0.717) is 13.0 Å². The number of sulfonamides is 1. The molecule has 1 aliphatic carbocycles. The molecular weight excluding hydrogens is 386 g/mol. The molecule has 148 valence electrons. The van der Waals surface area contributed by atoms with Crippen molar-refractivity contribution in [1.29, 1.82) is 0 Å². The number of hydrogen-bond acceptors (Lipinski definition) is 5. The number of carbonyl (C=O) groups is 1. The SMILES string of the molecule is CNC(=S)NS(=O)(=O)c1cc(CCNC(=O)C2=CCCCC2)ccc1OC. The van der Waals surface area contributed by atoms with E-state index in [-0.39, 0.29) is 21.7 Å². The van der Waals surface area contributed by atoms with E-state index >= 15 is 0 Å². The summed E-state index contributed by atoms with van der Waals surface area (Å²) in [6.07, 6.45) is 6.43. The summed E-state index contributed by atoms with van der Waals surface area (Å²) >= 11 is 4.88. The first kappa shape index (κ1) is 21.2. The van der Waals surface area contributed by atoms with Crippen molar-refractivity contribution in [2.45, 2.75) is 37.0 Å². The average molecular weight is 412 g/mol. The fraction of sp³-hybridized carbons (Fsp3) is 0.444. The van der Waals surface area contributed by atoms with Crippen molar-refractivity contribution in [3.05, 3.63) is 35.4 Å². The number of benzene rings is 1. The van der Waals surface area contributed by atoms with Gasteiger partial charge in [0.05, 0.1) is 7.11 Å². The maximum atomic E-state index is 12.5. The molecule has 27 heavy (non-hydrogen) atoms. The second-order valence-corrected chi connectivity index (χ2v) is 8.21. The van der Waals surface area contributed by atoms with Crippen molar-refractivity contribution < 1.29 is 17.9 Å². The Labute approximate surface area is 165 Å². The number of carbonyl (C=O) groups excluding carboxylic acids is 1. The minimum atomic E-state index is -3.87. The van der Waals surface area contributed by atoms with Gasteiger partial charge in [-0.3, -0.25) is 9.52 Å². The first-order valence-electron chi connectivity index (χ1n) is 8.76. The van der Waals surface area contributed by atoms with Gasteiger partial charge in [0.2, 0.25) is 5.91 Å². The number of rotatable bonds is 7. The lowest BCUT2D eigenvalue weighted by atomic mass is 9.99. The van der Waals surface area contributed by atoms with Gasteiger partial charge in [-0.1, -0.05) is 12.1 Å². The molecule has 9 heteroatoms. The van der Waals surface area contributed by atoms with Gasteiger partial charge in [-0.15, -0.1) is 0 Å². The Bertz CT molecular complexity index is 835. The van der Waals surface area contributed by atoms with Crippen LogP contribution in [0.1, 0.15) is 31.2 Å². The molecule has 1 aliphatic rings. The maximum absolute atomic E-state index is 12.5. The van der Waals surface area contributed by atoms with E-state index in [1.807, 2.05) is 6.08 Å². The van der Waals surface area contributed by atoms with Gasteiger partial charge in [0.25, 0.3) is 10.0 Å². The highest BCUT2D eigenvalue weighted by Gasteiger charge is 2.21. The highest BCUT2D eigenvalue weighted by atomic mass is 32.2. The van der Waals surface area contributed by atoms with E-state index in [2.05, 4.69) is 15.4 Å². The Morgan fingerprint density at radius 3 is 2.70 bits per heavy atom. The van der Waals surface area contributed by atoms with Gasteiger partial charge < -0.3 is 15.4 Å². The summed E-state index contributed by atoms with van der Waals surface area (Å²) < 4.78 is 32.5.